The van der Waals surface area contributed by atoms with Gasteiger partial charge in [-0.15, -0.1) is 0 Å². The normalized spacial score (nSPS) is 16.6. The minimum absolute atomic E-state index is 0.184. The van der Waals surface area contributed by atoms with E-state index in [0.717, 1.165) is 13.0 Å². The lowest BCUT2D eigenvalue weighted by Crippen LogP contribution is -1.99. The average Bonchev–Trinajstić information content (AvgIpc) is 2.33. The van der Waals surface area contributed by atoms with Gasteiger partial charge in [-0.25, -0.2) is 0 Å². The fourth-order valence-corrected chi connectivity index (χ4v) is 1.58. The lowest BCUT2D eigenvalue weighted by Gasteiger charge is -1.96. The summed E-state index contributed by atoms with van der Waals surface area (Å²) >= 11 is 0. The van der Waals surface area contributed by atoms with E-state index in [-0.39, 0.29) is 5.78 Å². The first-order valence-electron chi connectivity index (χ1n) is 3.89. The molecule has 1 unspecified atom stereocenters. The van der Waals surface area contributed by atoms with Crippen molar-refractivity contribution < 1.29 is 4.79 Å². The van der Waals surface area contributed by atoms with Crippen LogP contribution < -0.4 is 5.32 Å². The zero-order valence-corrected chi connectivity index (χ0v) is 7.73. The SMILES string of the molecule is O=C1CCCNc2nn(P)cc21. The molecule has 1 aliphatic heterocycles. The van der Waals surface area contributed by atoms with Crippen LogP contribution in [-0.2, 0) is 0 Å². The number of nitrogens with one attached hydrogen (secondary N) is 1. The Bertz CT molecular complexity index is 320. The van der Waals surface area contributed by atoms with Crippen LogP contribution in [0.2, 0.25) is 0 Å². The smallest absolute Gasteiger partial charge is 0.168 e. The molecule has 0 fully saturated rings. The maximum absolute atomic E-state index is 11.4. The number of hydrogen-bond donors (Lipinski definition) is 1. The fourth-order valence-electron chi connectivity index (χ4n) is 1.32. The van der Waals surface area contributed by atoms with E-state index in [9.17, 15) is 4.79 Å². The van der Waals surface area contributed by atoms with Crippen molar-refractivity contribution in [3.05, 3.63) is 11.8 Å². The first-order chi connectivity index (χ1) is 5.77. The molecule has 0 aliphatic carbocycles. The highest BCUT2D eigenvalue weighted by Crippen LogP contribution is 2.19. The molecule has 1 atom stereocenters. The summed E-state index contributed by atoms with van der Waals surface area (Å²) in [5.74, 6) is 0.899. The maximum Gasteiger partial charge on any atom is 0.168 e. The van der Waals surface area contributed by atoms with Crippen molar-refractivity contribution in [2.45, 2.75) is 12.8 Å². The van der Waals surface area contributed by atoms with Gasteiger partial charge < -0.3 is 5.32 Å². The van der Waals surface area contributed by atoms with Gasteiger partial charge in [-0.3, -0.25) is 9.25 Å². The zero-order chi connectivity index (χ0) is 8.55. The second-order valence-electron chi connectivity index (χ2n) is 2.82. The Kier molecular flexibility index (Phi) is 1.85. The molecule has 0 spiro atoms. The summed E-state index contributed by atoms with van der Waals surface area (Å²) in [7, 11) is 2.42. The van der Waals surface area contributed by atoms with Crippen LogP contribution in [0.25, 0.3) is 0 Å². The van der Waals surface area contributed by atoms with Gasteiger partial charge >= 0.3 is 0 Å². The first kappa shape index (κ1) is 7.74. The van der Waals surface area contributed by atoms with Gasteiger partial charge in [-0.05, 0) is 15.8 Å². The Hall–Kier alpha value is -0.890. The van der Waals surface area contributed by atoms with Crippen LogP contribution in [-0.4, -0.2) is 21.9 Å². The van der Waals surface area contributed by atoms with Crippen molar-refractivity contribution >= 4 is 21.0 Å². The van der Waals surface area contributed by atoms with Crippen molar-refractivity contribution in [2.75, 3.05) is 11.9 Å². The number of nitrogens with zero attached hydrogens (tertiary/aromatic N) is 2. The Morgan fingerprint density at radius 1 is 1.67 bits per heavy atom. The number of anilines is 1. The molecule has 1 N–H and O–H groups in total. The molecule has 2 heterocycles. The summed E-state index contributed by atoms with van der Waals surface area (Å²) in [6.45, 7) is 0.834. The molecular formula is C7H10N3OP. The second kappa shape index (κ2) is 2.87. The topological polar surface area (TPSA) is 46.9 Å². The number of aromatic nitrogens is 2. The van der Waals surface area contributed by atoms with Gasteiger partial charge in [0.25, 0.3) is 0 Å². The molecule has 12 heavy (non-hydrogen) atoms. The lowest BCUT2D eigenvalue weighted by atomic mass is 10.1. The third-order valence-corrected chi connectivity index (χ3v) is 2.17. The van der Waals surface area contributed by atoms with Crippen molar-refractivity contribution in [2.24, 2.45) is 0 Å². The zero-order valence-electron chi connectivity index (χ0n) is 6.58. The number of rotatable bonds is 0. The van der Waals surface area contributed by atoms with E-state index < -0.39 is 0 Å². The van der Waals surface area contributed by atoms with E-state index in [1.54, 1.807) is 10.6 Å². The summed E-state index contributed by atoms with van der Waals surface area (Å²) < 4.78 is 1.58. The van der Waals surface area contributed by atoms with E-state index in [2.05, 4.69) is 19.8 Å². The maximum atomic E-state index is 11.4. The molecule has 0 bridgehead atoms. The van der Waals surface area contributed by atoms with Gasteiger partial charge in [0, 0.05) is 19.2 Å². The highest BCUT2D eigenvalue weighted by atomic mass is 31.0. The molecule has 0 aromatic carbocycles. The second-order valence-corrected chi connectivity index (χ2v) is 3.35. The number of carbonyl (C=O) groups excluding carboxylic acids is 1. The van der Waals surface area contributed by atoms with Crippen molar-refractivity contribution in [1.29, 1.82) is 0 Å². The molecular weight excluding hydrogens is 173 g/mol. The van der Waals surface area contributed by atoms with Crippen LogP contribution in [0.4, 0.5) is 5.82 Å². The highest BCUT2D eigenvalue weighted by molar-refractivity contribution is 7.14. The van der Waals surface area contributed by atoms with Crippen LogP contribution >= 0.6 is 9.39 Å². The fraction of sp³-hybridized carbons (Fsp3) is 0.429. The van der Waals surface area contributed by atoms with Gasteiger partial charge in [0.1, 0.15) is 0 Å². The number of Topliss-reactive ketones (excluding diaryl/α,β-unsaturated/α-hetero) is 1. The van der Waals surface area contributed by atoms with Gasteiger partial charge in [0.2, 0.25) is 0 Å². The molecule has 0 radical (unpaired) electrons. The molecule has 0 saturated heterocycles. The summed E-state index contributed by atoms with van der Waals surface area (Å²) in [4.78, 5) is 11.4. The Balaban J connectivity index is 2.44. The summed E-state index contributed by atoms with van der Waals surface area (Å²) in [5.41, 5.74) is 0.711. The molecule has 5 heteroatoms. The van der Waals surface area contributed by atoms with E-state index in [4.69, 9.17) is 0 Å². The van der Waals surface area contributed by atoms with Gasteiger partial charge in [-0.2, -0.15) is 5.10 Å². The molecule has 1 aromatic rings. The average molecular weight is 183 g/mol. The Morgan fingerprint density at radius 2 is 2.50 bits per heavy atom. The summed E-state index contributed by atoms with van der Waals surface area (Å²) in [6, 6.07) is 0. The minimum atomic E-state index is 0.184. The molecule has 4 nitrogen and oxygen atoms in total. The monoisotopic (exact) mass is 183 g/mol. The van der Waals surface area contributed by atoms with Crippen molar-refractivity contribution in [1.82, 2.24) is 9.55 Å². The van der Waals surface area contributed by atoms with Crippen LogP contribution in [0.3, 0.4) is 0 Å². The molecule has 2 rings (SSSR count). The molecule has 64 valence electrons. The Labute approximate surface area is 72.6 Å². The number of fused-ring (bicyclic) bond motifs is 1. The van der Waals surface area contributed by atoms with Crippen molar-refractivity contribution in [3.8, 4) is 0 Å². The van der Waals surface area contributed by atoms with Crippen molar-refractivity contribution in [3.63, 3.8) is 0 Å². The molecule has 1 aliphatic rings. The van der Waals surface area contributed by atoms with Crippen LogP contribution in [0, 0.1) is 0 Å². The summed E-state index contributed by atoms with van der Waals surface area (Å²) in [6.07, 6.45) is 3.25. The molecule has 1 aromatic heterocycles. The van der Waals surface area contributed by atoms with E-state index >= 15 is 0 Å². The Morgan fingerprint density at radius 3 is 3.33 bits per heavy atom. The number of carbonyl (C=O) groups is 1. The third kappa shape index (κ3) is 1.23. The first-order valence-corrected chi connectivity index (χ1v) is 4.41. The minimum Gasteiger partial charge on any atom is -0.368 e. The summed E-state index contributed by atoms with van der Waals surface area (Å²) in [5, 5.41) is 7.22. The predicted octanol–water partition coefficient (Wildman–Crippen LogP) is 0.910. The standard InChI is InChI=1S/C7H10N3OP/c11-6-2-1-3-8-7-5(6)4-10(12)9-7/h4H,1-3,12H2,(H,8,9). The van der Waals surface area contributed by atoms with E-state index in [1.165, 1.54) is 0 Å². The quantitative estimate of drug-likeness (QED) is 0.608. The predicted molar refractivity (Wildman–Crippen MR) is 49.4 cm³/mol. The molecule has 0 amide bonds. The number of ketones is 1. The highest BCUT2D eigenvalue weighted by Gasteiger charge is 2.17. The van der Waals surface area contributed by atoms with E-state index in [0.29, 0.717) is 17.8 Å². The molecule has 0 saturated carbocycles. The van der Waals surface area contributed by atoms with Gasteiger partial charge in [0.05, 0.1) is 5.56 Å². The van der Waals surface area contributed by atoms with Gasteiger partial charge in [-0.1, -0.05) is 0 Å². The number of hydrogen-bond acceptors (Lipinski definition) is 3. The van der Waals surface area contributed by atoms with Crippen LogP contribution in [0.5, 0.6) is 0 Å². The third-order valence-electron chi connectivity index (χ3n) is 1.91. The largest absolute Gasteiger partial charge is 0.368 e. The van der Waals surface area contributed by atoms with Gasteiger partial charge in [0.15, 0.2) is 11.6 Å². The van der Waals surface area contributed by atoms with Crippen LogP contribution in [0.1, 0.15) is 23.2 Å². The van der Waals surface area contributed by atoms with Crippen LogP contribution in [0.15, 0.2) is 6.20 Å². The lowest BCUT2D eigenvalue weighted by molar-refractivity contribution is 0.0984. The van der Waals surface area contributed by atoms with E-state index in [1.807, 2.05) is 0 Å².